The Balaban J connectivity index is 2.04. The number of carbonyl (C=O) groups is 2. The molecule has 0 fully saturated rings. The van der Waals surface area contributed by atoms with Gasteiger partial charge in [0.25, 0.3) is 10.0 Å². The smallest absolute Gasteiger partial charge is 0.264 e. The molecular weight excluding hydrogens is 561 g/mol. The summed E-state index contributed by atoms with van der Waals surface area (Å²) in [4.78, 5) is 28.5. The Kier molecular flexibility index (Phi) is 11.7. The molecule has 2 amide bonds. The number of halogens is 1. The molecule has 0 saturated heterocycles. The van der Waals surface area contributed by atoms with Crippen LogP contribution in [0.3, 0.4) is 0 Å². The molecule has 1 N–H and O–H groups in total. The highest BCUT2D eigenvalue weighted by molar-refractivity contribution is 7.92. The maximum atomic E-state index is 14.1. The van der Waals surface area contributed by atoms with Gasteiger partial charge in [-0.05, 0) is 86.0 Å². The summed E-state index contributed by atoms with van der Waals surface area (Å²) < 4.78 is 53.4. The Bertz CT molecular complexity index is 1430. The van der Waals surface area contributed by atoms with E-state index >= 15 is 0 Å². The lowest BCUT2D eigenvalue weighted by Gasteiger charge is -2.33. The molecule has 0 aliphatic heterocycles. The number of benzene rings is 3. The van der Waals surface area contributed by atoms with E-state index in [2.05, 4.69) is 5.32 Å². The van der Waals surface area contributed by atoms with Crippen LogP contribution in [-0.4, -0.2) is 58.0 Å². The SMILES string of the molecule is CCCNC(=O)[C@H](CC)N(Cc1cccc(OC)c1)C(=O)CN(c1ccc(F)cc1)S(=O)(=O)c1ccc(OCC)cc1. The number of hydrogen-bond donors (Lipinski definition) is 1. The Morgan fingerprint density at radius 3 is 2.24 bits per heavy atom. The molecule has 0 aliphatic rings. The van der Waals surface area contributed by atoms with Gasteiger partial charge in [0.1, 0.15) is 29.9 Å². The minimum Gasteiger partial charge on any atom is -0.497 e. The highest BCUT2D eigenvalue weighted by Gasteiger charge is 2.33. The standard InChI is InChI=1S/C31H38FN3O6S/c1-5-19-33-31(37)29(6-2)34(21-23-9-8-10-27(20-23)40-4)30(36)22-35(25-13-11-24(32)12-14-25)42(38,39)28-17-15-26(16-18-28)41-7-3/h8-18,20,29H,5-7,19,21-22H2,1-4H3,(H,33,37)/t29-/m0/s1. The molecule has 0 heterocycles. The van der Waals surface area contributed by atoms with Gasteiger partial charge in [0, 0.05) is 13.1 Å². The van der Waals surface area contributed by atoms with Crippen LogP contribution in [0.25, 0.3) is 0 Å². The fourth-order valence-corrected chi connectivity index (χ4v) is 5.81. The highest BCUT2D eigenvalue weighted by Crippen LogP contribution is 2.27. The first kappa shape index (κ1) is 32.4. The van der Waals surface area contributed by atoms with Gasteiger partial charge in [-0.2, -0.15) is 0 Å². The Morgan fingerprint density at radius 2 is 1.64 bits per heavy atom. The van der Waals surface area contributed by atoms with Crippen molar-refractivity contribution in [3.8, 4) is 11.5 Å². The van der Waals surface area contributed by atoms with Crippen LogP contribution in [-0.2, 0) is 26.2 Å². The molecule has 226 valence electrons. The van der Waals surface area contributed by atoms with Crippen LogP contribution in [0.5, 0.6) is 11.5 Å². The lowest BCUT2D eigenvalue weighted by Crippen LogP contribution is -2.52. The lowest BCUT2D eigenvalue weighted by atomic mass is 10.1. The van der Waals surface area contributed by atoms with Gasteiger partial charge in [-0.1, -0.05) is 26.0 Å². The summed E-state index contributed by atoms with van der Waals surface area (Å²) in [5, 5.41) is 2.85. The maximum Gasteiger partial charge on any atom is 0.264 e. The zero-order chi connectivity index (χ0) is 30.7. The van der Waals surface area contributed by atoms with Gasteiger partial charge in [-0.3, -0.25) is 13.9 Å². The van der Waals surface area contributed by atoms with Crippen molar-refractivity contribution in [1.82, 2.24) is 10.2 Å². The van der Waals surface area contributed by atoms with E-state index in [1.54, 1.807) is 31.2 Å². The third-order valence-corrected chi connectivity index (χ3v) is 8.33. The molecule has 0 radical (unpaired) electrons. The van der Waals surface area contributed by atoms with Gasteiger partial charge in [0.05, 0.1) is 24.3 Å². The van der Waals surface area contributed by atoms with E-state index in [0.717, 1.165) is 16.4 Å². The van der Waals surface area contributed by atoms with Crippen molar-refractivity contribution < 1.29 is 31.9 Å². The maximum absolute atomic E-state index is 14.1. The molecule has 3 aromatic rings. The predicted molar refractivity (Wildman–Crippen MR) is 159 cm³/mol. The van der Waals surface area contributed by atoms with E-state index in [9.17, 15) is 22.4 Å². The quantitative estimate of drug-likeness (QED) is 0.270. The molecule has 3 aromatic carbocycles. The summed E-state index contributed by atoms with van der Waals surface area (Å²) in [5.74, 6) is -0.418. The summed E-state index contributed by atoms with van der Waals surface area (Å²) in [7, 11) is -2.76. The number of amides is 2. The molecule has 0 aliphatic carbocycles. The predicted octanol–water partition coefficient (Wildman–Crippen LogP) is 4.76. The van der Waals surface area contributed by atoms with E-state index in [4.69, 9.17) is 9.47 Å². The second kappa shape index (κ2) is 15.2. The third-order valence-electron chi connectivity index (χ3n) is 6.54. The fraction of sp³-hybridized carbons (Fsp3) is 0.355. The van der Waals surface area contributed by atoms with Crippen LogP contribution in [0.1, 0.15) is 39.2 Å². The van der Waals surface area contributed by atoms with Crippen LogP contribution < -0.4 is 19.1 Å². The Morgan fingerprint density at radius 1 is 0.952 bits per heavy atom. The average Bonchev–Trinajstić information content (AvgIpc) is 2.99. The van der Waals surface area contributed by atoms with Crippen LogP contribution in [0, 0.1) is 5.82 Å². The van der Waals surface area contributed by atoms with Crippen LogP contribution in [0.4, 0.5) is 10.1 Å². The average molecular weight is 600 g/mol. The number of nitrogens with one attached hydrogen (secondary N) is 1. The Hall–Kier alpha value is -4.12. The summed E-state index contributed by atoms with van der Waals surface area (Å²) in [6.07, 6.45) is 1.01. The number of rotatable bonds is 15. The minimum absolute atomic E-state index is 0.0362. The number of methoxy groups -OCH3 is 1. The third kappa shape index (κ3) is 8.22. The van der Waals surface area contributed by atoms with Gasteiger partial charge in [0.2, 0.25) is 11.8 Å². The lowest BCUT2D eigenvalue weighted by molar-refractivity contribution is -0.140. The number of hydrogen-bond acceptors (Lipinski definition) is 6. The van der Waals surface area contributed by atoms with Crippen molar-refractivity contribution in [2.24, 2.45) is 0 Å². The number of nitrogens with zero attached hydrogens (tertiary/aromatic N) is 2. The number of sulfonamides is 1. The van der Waals surface area contributed by atoms with E-state index in [0.29, 0.717) is 43.1 Å². The first-order valence-electron chi connectivity index (χ1n) is 13.9. The monoisotopic (exact) mass is 599 g/mol. The summed E-state index contributed by atoms with van der Waals surface area (Å²) >= 11 is 0. The van der Waals surface area contributed by atoms with Crippen LogP contribution in [0.2, 0.25) is 0 Å². The van der Waals surface area contributed by atoms with E-state index in [1.165, 1.54) is 48.4 Å². The molecule has 3 rings (SSSR count). The summed E-state index contributed by atoms with van der Waals surface area (Å²) in [6.45, 7) is 5.79. The first-order valence-corrected chi connectivity index (χ1v) is 15.3. The molecule has 1 atom stereocenters. The van der Waals surface area contributed by atoms with Crippen molar-refractivity contribution in [2.45, 2.75) is 51.1 Å². The number of anilines is 1. The zero-order valence-corrected chi connectivity index (χ0v) is 25.2. The molecule has 11 heteroatoms. The van der Waals surface area contributed by atoms with Crippen molar-refractivity contribution in [3.63, 3.8) is 0 Å². The number of ether oxygens (including phenoxy) is 2. The van der Waals surface area contributed by atoms with Crippen molar-refractivity contribution in [1.29, 1.82) is 0 Å². The van der Waals surface area contributed by atoms with Crippen molar-refractivity contribution in [2.75, 3.05) is 31.1 Å². The van der Waals surface area contributed by atoms with E-state index < -0.39 is 34.3 Å². The molecule has 0 aromatic heterocycles. The van der Waals surface area contributed by atoms with Gasteiger partial charge >= 0.3 is 0 Å². The fourth-order valence-electron chi connectivity index (χ4n) is 4.39. The molecule has 0 spiro atoms. The minimum atomic E-state index is -4.29. The highest BCUT2D eigenvalue weighted by atomic mass is 32.2. The summed E-state index contributed by atoms with van der Waals surface area (Å²) in [5.41, 5.74) is 0.801. The topological polar surface area (TPSA) is 105 Å². The first-order chi connectivity index (χ1) is 20.1. The molecule has 0 bridgehead atoms. The molecule has 9 nitrogen and oxygen atoms in total. The van der Waals surface area contributed by atoms with Crippen LogP contribution in [0.15, 0.2) is 77.7 Å². The Labute approximate surface area is 247 Å². The van der Waals surface area contributed by atoms with Crippen molar-refractivity contribution >= 4 is 27.5 Å². The summed E-state index contributed by atoms with van der Waals surface area (Å²) in [6, 6.07) is 16.9. The normalized spacial score (nSPS) is 11.8. The second-order valence-electron chi connectivity index (χ2n) is 9.48. The van der Waals surface area contributed by atoms with Gasteiger partial charge in [-0.15, -0.1) is 0 Å². The van der Waals surface area contributed by atoms with Crippen LogP contribution >= 0.6 is 0 Å². The zero-order valence-electron chi connectivity index (χ0n) is 24.4. The molecule has 0 saturated carbocycles. The molecule has 42 heavy (non-hydrogen) atoms. The molecule has 0 unspecified atom stereocenters. The van der Waals surface area contributed by atoms with Gasteiger partial charge in [-0.25, -0.2) is 12.8 Å². The number of carbonyl (C=O) groups excluding carboxylic acids is 2. The van der Waals surface area contributed by atoms with Gasteiger partial charge < -0.3 is 19.7 Å². The molecular formula is C31H38FN3O6S. The van der Waals surface area contributed by atoms with Crippen molar-refractivity contribution in [3.05, 3.63) is 84.2 Å². The van der Waals surface area contributed by atoms with E-state index in [-0.39, 0.29) is 23.0 Å². The largest absolute Gasteiger partial charge is 0.497 e. The van der Waals surface area contributed by atoms with Gasteiger partial charge in [0.15, 0.2) is 0 Å². The second-order valence-corrected chi connectivity index (χ2v) is 11.3. The van der Waals surface area contributed by atoms with E-state index in [1.807, 2.05) is 13.8 Å².